The predicted molar refractivity (Wildman–Crippen MR) is 53.2 cm³/mol. The fourth-order valence-electron chi connectivity index (χ4n) is 0.981. The van der Waals surface area contributed by atoms with Gasteiger partial charge in [-0.1, -0.05) is 11.6 Å². The summed E-state index contributed by atoms with van der Waals surface area (Å²) in [5.41, 5.74) is 6.60. The molecule has 1 atom stereocenters. The van der Waals surface area contributed by atoms with Gasteiger partial charge in [-0.2, -0.15) is 0 Å². The molecule has 0 aromatic carbocycles. The summed E-state index contributed by atoms with van der Waals surface area (Å²) in [5, 5.41) is 11.0. The van der Waals surface area contributed by atoms with E-state index in [1.165, 1.54) is 11.3 Å². The molecule has 1 rings (SSSR count). The SMILES string of the molecule is Cc1csc(C(N)CC(=O)O)c1Cl. The number of aliphatic carboxylic acids is 1. The van der Waals surface area contributed by atoms with Crippen molar-refractivity contribution in [3.05, 3.63) is 20.8 Å². The fraction of sp³-hybridized carbons (Fsp3) is 0.375. The van der Waals surface area contributed by atoms with Crippen LogP contribution in [-0.2, 0) is 4.79 Å². The van der Waals surface area contributed by atoms with E-state index in [0.717, 1.165) is 10.4 Å². The first-order chi connectivity index (χ1) is 6.02. The van der Waals surface area contributed by atoms with Crippen molar-refractivity contribution in [3.63, 3.8) is 0 Å². The lowest BCUT2D eigenvalue weighted by atomic mass is 10.2. The van der Waals surface area contributed by atoms with Crippen molar-refractivity contribution < 1.29 is 9.90 Å². The minimum Gasteiger partial charge on any atom is -0.481 e. The van der Waals surface area contributed by atoms with Crippen molar-refractivity contribution in [1.82, 2.24) is 0 Å². The van der Waals surface area contributed by atoms with Gasteiger partial charge in [-0.05, 0) is 17.9 Å². The minimum absolute atomic E-state index is 0.0837. The van der Waals surface area contributed by atoms with Crippen molar-refractivity contribution in [1.29, 1.82) is 0 Å². The van der Waals surface area contributed by atoms with E-state index in [1.807, 2.05) is 12.3 Å². The zero-order valence-corrected chi connectivity index (χ0v) is 8.65. The molecule has 13 heavy (non-hydrogen) atoms. The third-order valence-corrected chi connectivity index (χ3v) is 3.50. The van der Waals surface area contributed by atoms with E-state index in [4.69, 9.17) is 22.4 Å². The van der Waals surface area contributed by atoms with Crippen LogP contribution in [0.1, 0.15) is 22.9 Å². The maximum atomic E-state index is 10.4. The zero-order valence-electron chi connectivity index (χ0n) is 7.08. The number of rotatable bonds is 3. The Balaban J connectivity index is 2.82. The number of nitrogens with two attached hydrogens (primary N) is 1. The van der Waals surface area contributed by atoms with Crippen LogP contribution in [0.25, 0.3) is 0 Å². The van der Waals surface area contributed by atoms with Crippen LogP contribution in [0.15, 0.2) is 5.38 Å². The molecule has 0 bridgehead atoms. The molecule has 3 nitrogen and oxygen atoms in total. The summed E-state index contributed by atoms with van der Waals surface area (Å²) < 4.78 is 0. The molecule has 0 saturated heterocycles. The van der Waals surface area contributed by atoms with Gasteiger partial charge >= 0.3 is 5.97 Å². The van der Waals surface area contributed by atoms with Gasteiger partial charge < -0.3 is 10.8 Å². The molecule has 72 valence electrons. The van der Waals surface area contributed by atoms with E-state index >= 15 is 0 Å². The van der Waals surface area contributed by atoms with E-state index in [1.54, 1.807) is 0 Å². The van der Waals surface area contributed by atoms with Crippen molar-refractivity contribution in [2.75, 3.05) is 0 Å². The minimum atomic E-state index is -0.908. The highest BCUT2D eigenvalue weighted by Crippen LogP contribution is 2.32. The molecule has 0 fully saturated rings. The van der Waals surface area contributed by atoms with Crippen LogP contribution in [0.3, 0.4) is 0 Å². The summed E-state index contributed by atoms with van der Waals surface area (Å²) >= 11 is 7.33. The number of halogens is 1. The number of carbonyl (C=O) groups is 1. The first kappa shape index (κ1) is 10.5. The second kappa shape index (κ2) is 4.09. The van der Waals surface area contributed by atoms with Crippen LogP contribution in [0.4, 0.5) is 0 Å². The Bertz CT molecular complexity index is 324. The smallest absolute Gasteiger partial charge is 0.305 e. The van der Waals surface area contributed by atoms with E-state index in [2.05, 4.69) is 0 Å². The maximum Gasteiger partial charge on any atom is 0.305 e. The number of carboxylic acid groups (broad SMARTS) is 1. The summed E-state index contributed by atoms with van der Waals surface area (Å²) in [6, 6.07) is -0.497. The molecule has 1 aromatic rings. The van der Waals surface area contributed by atoms with Crippen LogP contribution in [0.5, 0.6) is 0 Å². The molecule has 0 saturated carbocycles. The molecule has 0 aliphatic rings. The topological polar surface area (TPSA) is 63.3 Å². The van der Waals surface area contributed by atoms with Gasteiger partial charge in [-0.3, -0.25) is 4.79 Å². The summed E-state index contributed by atoms with van der Waals surface area (Å²) in [6.07, 6.45) is -0.0837. The summed E-state index contributed by atoms with van der Waals surface area (Å²) in [7, 11) is 0. The van der Waals surface area contributed by atoms with Crippen molar-refractivity contribution >= 4 is 28.9 Å². The van der Waals surface area contributed by atoms with E-state index < -0.39 is 12.0 Å². The number of hydrogen-bond donors (Lipinski definition) is 2. The van der Waals surface area contributed by atoms with E-state index in [9.17, 15) is 4.79 Å². The fourth-order valence-corrected chi connectivity index (χ4v) is 2.32. The van der Waals surface area contributed by atoms with Gasteiger partial charge in [-0.15, -0.1) is 11.3 Å². The third kappa shape index (κ3) is 2.43. The van der Waals surface area contributed by atoms with Crippen molar-refractivity contribution in [2.24, 2.45) is 5.73 Å². The molecular formula is C8H10ClNO2S. The van der Waals surface area contributed by atoms with Gasteiger partial charge in [0.25, 0.3) is 0 Å². The second-order valence-electron chi connectivity index (χ2n) is 2.80. The molecule has 1 unspecified atom stereocenters. The van der Waals surface area contributed by atoms with Crippen LogP contribution >= 0.6 is 22.9 Å². The summed E-state index contributed by atoms with van der Waals surface area (Å²) in [6.45, 7) is 1.87. The molecular weight excluding hydrogens is 210 g/mol. The Hall–Kier alpha value is -0.580. The zero-order chi connectivity index (χ0) is 10.0. The average molecular weight is 220 g/mol. The largest absolute Gasteiger partial charge is 0.481 e. The van der Waals surface area contributed by atoms with Crippen LogP contribution in [0.2, 0.25) is 5.02 Å². The molecule has 1 aromatic heterocycles. The quantitative estimate of drug-likeness (QED) is 0.819. The van der Waals surface area contributed by atoms with E-state index in [-0.39, 0.29) is 6.42 Å². The standard InChI is InChI=1S/C8H10ClNO2S/c1-4-3-13-8(7(4)9)5(10)2-6(11)12/h3,5H,2,10H2,1H3,(H,11,12). The number of carboxylic acids is 1. The lowest BCUT2D eigenvalue weighted by Crippen LogP contribution is -2.13. The summed E-state index contributed by atoms with van der Waals surface area (Å²) in [5.74, 6) is -0.908. The first-order valence-corrected chi connectivity index (χ1v) is 4.99. The van der Waals surface area contributed by atoms with Crippen LogP contribution in [0, 0.1) is 6.92 Å². The van der Waals surface area contributed by atoms with Gasteiger partial charge in [0.15, 0.2) is 0 Å². The molecule has 0 amide bonds. The Labute approximate surface area is 85.1 Å². The van der Waals surface area contributed by atoms with Crippen molar-refractivity contribution in [3.8, 4) is 0 Å². The average Bonchev–Trinajstić information content (AvgIpc) is 2.31. The third-order valence-electron chi connectivity index (χ3n) is 1.66. The monoisotopic (exact) mass is 219 g/mol. The van der Waals surface area contributed by atoms with Gasteiger partial charge in [-0.25, -0.2) is 0 Å². The van der Waals surface area contributed by atoms with E-state index in [0.29, 0.717) is 5.02 Å². The van der Waals surface area contributed by atoms with Gasteiger partial charge in [0.1, 0.15) is 0 Å². The lowest BCUT2D eigenvalue weighted by molar-refractivity contribution is -0.137. The highest BCUT2D eigenvalue weighted by molar-refractivity contribution is 7.10. The molecule has 0 aliphatic heterocycles. The lowest BCUT2D eigenvalue weighted by Gasteiger charge is -2.06. The van der Waals surface area contributed by atoms with Gasteiger partial charge in [0.05, 0.1) is 17.5 Å². The second-order valence-corrected chi connectivity index (χ2v) is 4.09. The normalized spacial score (nSPS) is 12.8. The molecule has 0 spiro atoms. The molecule has 1 heterocycles. The van der Waals surface area contributed by atoms with Crippen LogP contribution in [-0.4, -0.2) is 11.1 Å². The van der Waals surface area contributed by atoms with Gasteiger partial charge in [0, 0.05) is 4.88 Å². The number of hydrogen-bond acceptors (Lipinski definition) is 3. The molecule has 0 aliphatic carbocycles. The first-order valence-electron chi connectivity index (χ1n) is 3.73. The highest BCUT2D eigenvalue weighted by atomic mass is 35.5. The Morgan fingerprint density at radius 3 is 2.85 bits per heavy atom. The number of aryl methyl sites for hydroxylation is 1. The Morgan fingerprint density at radius 2 is 2.46 bits per heavy atom. The molecule has 0 radical (unpaired) electrons. The Morgan fingerprint density at radius 1 is 1.85 bits per heavy atom. The van der Waals surface area contributed by atoms with Crippen molar-refractivity contribution in [2.45, 2.75) is 19.4 Å². The van der Waals surface area contributed by atoms with Crippen LogP contribution < -0.4 is 5.73 Å². The predicted octanol–water partition coefficient (Wildman–Crippen LogP) is 2.18. The molecule has 5 heteroatoms. The Kier molecular flexibility index (Phi) is 3.30. The maximum absolute atomic E-state index is 10.4. The highest BCUT2D eigenvalue weighted by Gasteiger charge is 2.16. The molecule has 3 N–H and O–H groups in total. The number of thiophene rings is 1. The van der Waals surface area contributed by atoms with Gasteiger partial charge in [0.2, 0.25) is 0 Å². The summed E-state index contributed by atoms with van der Waals surface area (Å²) in [4.78, 5) is 11.1.